The Hall–Kier alpha value is -1.12. The monoisotopic (exact) mass is 163 g/mol. The summed E-state index contributed by atoms with van der Waals surface area (Å²) in [5.74, 6) is 0.501. The maximum Gasteiger partial charge on any atom is 0.231 e. The van der Waals surface area contributed by atoms with Crippen LogP contribution < -0.4 is 5.32 Å². The molecule has 62 valence electrons. The topological polar surface area (TPSA) is 46.2 Å². The highest BCUT2D eigenvalue weighted by molar-refractivity contribution is 6.06. The number of carbonyl (C=O) groups is 2. The van der Waals surface area contributed by atoms with Gasteiger partial charge in [0.15, 0.2) is 0 Å². The lowest BCUT2D eigenvalue weighted by molar-refractivity contribution is -0.126. The highest BCUT2D eigenvalue weighted by Crippen LogP contribution is 2.50. The number of hydrogen-bond donors (Lipinski definition) is 1. The number of rotatable bonds is 0. The standard InChI is InChI=1S/C9H9NO2/c11-8-6-4-1-2-5(3-4)7(6)9(12)10-8/h1-2,4-7H,3H2,(H,10,11,12)/t4-,5-,6+,7+/m0/s1. The zero-order valence-corrected chi connectivity index (χ0v) is 6.49. The van der Waals surface area contributed by atoms with Crippen LogP contribution in [-0.2, 0) is 9.59 Å². The van der Waals surface area contributed by atoms with Crippen molar-refractivity contribution in [1.82, 2.24) is 5.32 Å². The van der Waals surface area contributed by atoms with Gasteiger partial charge in [0, 0.05) is 0 Å². The molecule has 2 bridgehead atoms. The fraction of sp³-hybridized carbons (Fsp3) is 0.556. The first-order valence-corrected chi connectivity index (χ1v) is 4.30. The molecule has 12 heavy (non-hydrogen) atoms. The summed E-state index contributed by atoms with van der Waals surface area (Å²) in [7, 11) is 0. The highest BCUT2D eigenvalue weighted by Gasteiger charge is 2.55. The van der Waals surface area contributed by atoms with E-state index in [0.717, 1.165) is 6.42 Å². The minimum atomic E-state index is -0.0538. The van der Waals surface area contributed by atoms with Crippen molar-refractivity contribution in [3.05, 3.63) is 12.2 Å². The molecule has 0 aromatic heterocycles. The van der Waals surface area contributed by atoms with E-state index < -0.39 is 0 Å². The van der Waals surface area contributed by atoms with Crippen molar-refractivity contribution in [2.45, 2.75) is 6.42 Å². The van der Waals surface area contributed by atoms with E-state index in [-0.39, 0.29) is 23.7 Å². The summed E-state index contributed by atoms with van der Waals surface area (Å²) >= 11 is 0. The third-order valence-electron chi connectivity index (χ3n) is 3.31. The molecule has 3 aliphatic rings. The lowest BCUT2D eigenvalue weighted by Crippen LogP contribution is -2.25. The van der Waals surface area contributed by atoms with Crippen LogP contribution in [0.3, 0.4) is 0 Å². The van der Waals surface area contributed by atoms with Gasteiger partial charge in [0.25, 0.3) is 0 Å². The fourth-order valence-electron chi connectivity index (χ4n) is 2.83. The first kappa shape index (κ1) is 6.40. The maximum atomic E-state index is 11.3. The molecule has 2 amide bonds. The predicted octanol–water partition coefficient (Wildman–Crippen LogP) is 0.0811. The molecule has 3 rings (SSSR count). The lowest BCUT2D eigenvalue weighted by atomic mass is 9.85. The molecule has 1 N–H and O–H groups in total. The average Bonchev–Trinajstić information content (AvgIpc) is 2.64. The first-order valence-electron chi connectivity index (χ1n) is 4.30. The molecule has 1 heterocycles. The molecule has 0 radical (unpaired) electrons. The van der Waals surface area contributed by atoms with Crippen molar-refractivity contribution < 1.29 is 9.59 Å². The van der Waals surface area contributed by atoms with Crippen LogP contribution in [-0.4, -0.2) is 11.8 Å². The first-order chi connectivity index (χ1) is 5.77. The molecule has 1 saturated heterocycles. The normalized spacial score (nSPS) is 48.3. The summed E-state index contributed by atoms with van der Waals surface area (Å²) in [6.45, 7) is 0. The summed E-state index contributed by atoms with van der Waals surface area (Å²) in [6.07, 6.45) is 5.18. The van der Waals surface area contributed by atoms with Gasteiger partial charge in [-0.25, -0.2) is 0 Å². The van der Waals surface area contributed by atoms with E-state index in [9.17, 15) is 9.59 Å². The van der Waals surface area contributed by atoms with E-state index in [4.69, 9.17) is 0 Å². The molecule has 0 spiro atoms. The van der Waals surface area contributed by atoms with E-state index in [1.165, 1.54) is 0 Å². The molecule has 0 aromatic carbocycles. The second-order valence-corrected chi connectivity index (χ2v) is 3.85. The number of allylic oxidation sites excluding steroid dienone is 2. The van der Waals surface area contributed by atoms with E-state index >= 15 is 0 Å². The smallest absolute Gasteiger partial charge is 0.231 e. The second kappa shape index (κ2) is 1.79. The molecule has 2 fully saturated rings. The zero-order chi connectivity index (χ0) is 8.29. The van der Waals surface area contributed by atoms with Crippen molar-refractivity contribution >= 4 is 11.8 Å². The number of amides is 2. The molecule has 0 unspecified atom stereocenters. The molecular weight excluding hydrogens is 154 g/mol. The van der Waals surface area contributed by atoms with Gasteiger partial charge in [-0.15, -0.1) is 0 Å². The van der Waals surface area contributed by atoms with E-state index in [1.54, 1.807) is 0 Å². The summed E-state index contributed by atoms with van der Waals surface area (Å²) < 4.78 is 0. The van der Waals surface area contributed by atoms with E-state index in [2.05, 4.69) is 17.5 Å². The molecular formula is C9H9NO2. The van der Waals surface area contributed by atoms with Gasteiger partial charge >= 0.3 is 0 Å². The Morgan fingerprint density at radius 2 is 1.58 bits per heavy atom. The molecule has 4 atom stereocenters. The van der Waals surface area contributed by atoms with Crippen LogP contribution in [0.15, 0.2) is 12.2 Å². The molecule has 1 saturated carbocycles. The van der Waals surface area contributed by atoms with Crippen LogP contribution in [0.4, 0.5) is 0 Å². The number of nitrogens with one attached hydrogen (secondary N) is 1. The van der Waals surface area contributed by atoms with Crippen LogP contribution in [0.25, 0.3) is 0 Å². The molecule has 0 aromatic rings. The molecule has 2 aliphatic carbocycles. The van der Waals surface area contributed by atoms with Gasteiger partial charge in [-0.2, -0.15) is 0 Å². The molecule has 1 aliphatic heterocycles. The Morgan fingerprint density at radius 3 is 2.08 bits per heavy atom. The summed E-state index contributed by atoms with van der Waals surface area (Å²) in [5, 5.41) is 2.40. The molecule has 3 nitrogen and oxygen atoms in total. The minimum absolute atomic E-state index is 0.0347. The maximum absolute atomic E-state index is 11.3. The third kappa shape index (κ3) is 0.543. The van der Waals surface area contributed by atoms with E-state index in [0.29, 0.717) is 11.8 Å². The van der Waals surface area contributed by atoms with Gasteiger partial charge in [0.2, 0.25) is 11.8 Å². The largest absolute Gasteiger partial charge is 0.296 e. The van der Waals surface area contributed by atoms with Crippen LogP contribution >= 0.6 is 0 Å². The Kier molecular flexibility index (Phi) is 0.953. The van der Waals surface area contributed by atoms with Crippen LogP contribution in [0.1, 0.15) is 6.42 Å². The minimum Gasteiger partial charge on any atom is -0.296 e. The van der Waals surface area contributed by atoms with Gasteiger partial charge in [-0.1, -0.05) is 12.2 Å². The second-order valence-electron chi connectivity index (χ2n) is 3.85. The Labute approximate surface area is 69.8 Å². The zero-order valence-electron chi connectivity index (χ0n) is 6.49. The summed E-state index contributed by atoms with van der Waals surface area (Å²) in [4.78, 5) is 22.6. The number of fused-ring (bicyclic) bond motifs is 5. The van der Waals surface area contributed by atoms with Crippen LogP contribution in [0, 0.1) is 23.7 Å². The Morgan fingerprint density at radius 1 is 1.08 bits per heavy atom. The van der Waals surface area contributed by atoms with Gasteiger partial charge < -0.3 is 0 Å². The Balaban J connectivity index is 2.08. The fourth-order valence-corrected chi connectivity index (χ4v) is 2.83. The van der Waals surface area contributed by atoms with Crippen molar-refractivity contribution in [3.8, 4) is 0 Å². The van der Waals surface area contributed by atoms with Gasteiger partial charge in [0.05, 0.1) is 11.8 Å². The average molecular weight is 163 g/mol. The van der Waals surface area contributed by atoms with E-state index in [1.807, 2.05) is 0 Å². The van der Waals surface area contributed by atoms with Crippen molar-refractivity contribution in [2.75, 3.05) is 0 Å². The summed E-state index contributed by atoms with van der Waals surface area (Å²) in [6, 6.07) is 0. The quantitative estimate of drug-likeness (QED) is 0.406. The van der Waals surface area contributed by atoms with Crippen molar-refractivity contribution in [2.24, 2.45) is 23.7 Å². The number of carbonyl (C=O) groups excluding carboxylic acids is 2. The summed E-state index contributed by atoms with van der Waals surface area (Å²) in [5.41, 5.74) is 0. The van der Waals surface area contributed by atoms with Crippen molar-refractivity contribution in [1.29, 1.82) is 0 Å². The number of imide groups is 1. The predicted molar refractivity (Wildman–Crippen MR) is 40.9 cm³/mol. The van der Waals surface area contributed by atoms with Crippen molar-refractivity contribution in [3.63, 3.8) is 0 Å². The van der Waals surface area contributed by atoms with Gasteiger partial charge in [-0.05, 0) is 18.3 Å². The number of hydrogen-bond acceptors (Lipinski definition) is 2. The SMILES string of the molecule is O=C1NC(=O)[C@H]2[C@H]1[C@H]1C=C[C@H]2C1. The van der Waals surface area contributed by atoms with Gasteiger partial charge in [-0.3, -0.25) is 14.9 Å². The van der Waals surface area contributed by atoms with Gasteiger partial charge in [0.1, 0.15) is 0 Å². The molecule has 3 heteroatoms. The third-order valence-corrected chi connectivity index (χ3v) is 3.31. The van der Waals surface area contributed by atoms with Crippen LogP contribution in [0.5, 0.6) is 0 Å². The Bertz CT molecular complexity index is 280. The van der Waals surface area contributed by atoms with Crippen LogP contribution in [0.2, 0.25) is 0 Å². The lowest BCUT2D eigenvalue weighted by Gasteiger charge is -2.14. The highest BCUT2D eigenvalue weighted by atomic mass is 16.2.